The molecule has 1 aliphatic rings. The molecule has 1 fully saturated rings. The molecule has 3 nitrogen and oxygen atoms in total. The van der Waals surface area contributed by atoms with Gasteiger partial charge in [0.2, 0.25) is 0 Å². The first-order valence-electron chi connectivity index (χ1n) is 4.24. The number of rotatable bonds is 1. The number of halogens is 2. The predicted octanol–water partition coefficient (Wildman–Crippen LogP) is 0.794. The van der Waals surface area contributed by atoms with Crippen LogP contribution in [0.25, 0.3) is 0 Å². The summed E-state index contributed by atoms with van der Waals surface area (Å²) in [4.78, 5) is 11.0. The highest BCUT2D eigenvalue weighted by molar-refractivity contribution is 5.73. The SMILES string of the molecule is COC(=O)C1CCCNCC1(F)F. The Bertz CT molecular complexity index is 197. The van der Waals surface area contributed by atoms with Gasteiger partial charge < -0.3 is 10.1 Å². The zero-order valence-electron chi connectivity index (χ0n) is 7.48. The Kier molecular flexibility index (Phi) is 3.19. The van der Waals surface area contributed by atoms with Gasteiger partial charge in [-0.2, -0.15) is 0 Å². The number of esters is 1. The maximum absolute atomic E-state index is 13.2. The van der Waals surface area contributed by atoms with Crippen molar-refractivity contribution in [2.24, 2.45) is 5.92 Å². The Balaban J connectivity index is 2.71. The summed E-state index contributed by atoms with van der Waals surface area (Å²) in [6, 6.07) is 0. The molecule has 76 valence electrons. The van der Waals surface area contributed by atoms with Gasteiger partial charge in [-0.3, -0.25) is 4.79 Å². The zero-order valence-corrected chi connectivity index (χ0v) is 7.48. The molecule has 0 amide bonds. The van der Waals surface area contributed by atoms with Gasteiger partial charge in [0, 0.05) is 0 Å². The number of hydrogen-bond donors (Lipinski definition) is 1. The first kappa shape index (κ1) is 10.4. The molecule has 1 unspecified atom stereocenters. The molecule has 0 aromatic rings. The average Bonchev–Trinajstić information content (AvgIpc) is 2.25. The second kappa shape index (κ2) is 4.00. The monoisotopic (exact) mass is 193 g/mol. The van der Waals surface area contributed by atoms with Crippen molar-refractivity contribution in [3.63, 3.8) is 0 Å². The van der Waals surface area contributed by atoms with Crippen molar-refractivity contribution in [1.82, 2.24) is 5.32 Å². The number of alkyl halides is 2. The number of nitrogens with one attached hydrogen (secondary N) is 1. The van der Waals surface area contributed by atoms with Crippen LogP contribution < -0.4 is 5.32 Å². The molecule has 0 bridgehead atoms. The molecular weight excluding hydrogens is 180 g/mol. The van der Waals surface area contributed by atoms with Gasteiger partial charge in [-0.15, -0.1) is 0 Å². The molecule has 13 heavy (non-hydrogen) atoms. The van der Waals surface area contributed by atoms with Gasteiger partial charge in [0.25, 0.3) is 5.92 Å². The highest BCUT2D eigenvalue weighted by Gasteiger charge is 2.45. The van der Waals surface area contributed by atoms with Crippen molar-refractivity contribution in [2.75, 3.05) is 20.2 Å². The minimum absolute atomic E-state index is 0.187. The van der Waals surface area contributed by atoms with Crippen LogP contribution in [0.5, 0.6) is 0 Å². The van der Waals surface area contributed by atoms with Crippen LogP contribution in [0.4, 0.5) is 8.78 Å². The van der Waals surface area contributed by atoms with Crippen LogP contribution in [-0.4, -0.2) is 32.1 Å². The fourth-order valence-corrected chi connectivity index (χ4v) is 1.45. The maximum atomic E-state index is 13.2. The van der Waals surface area contributed by atoms with Crippen LogP contribution in [0, 0.1) is 5.92 Å². The lowest BCUT2D eigenvalue weighted by Crippen LogP contribution is -2.40. The van der Waals surface area contributed by atoms with E-state index in [-0.39, 0.29) is 6.42 Å². The Hall–Kier alpha value is -0.710. The number of carbonyl (C=O) groups excluding carboxylic acids is 1. The summed E-state index contributed by atoms with van der Waals surface area (Å²) in [5.41, 5.74) is 0. The minimum Gasteiger partial charge on any atom is -0.469 e. The van der Waals surface area contributed by atoms with E-state index >= 15 is 0 Å². The van der Waals surface area contributed by atoms with Gasteiger partial charge in [0.05, 0.1) is 13.7 Å². The Morgan fingerprint density at radius 1 is 1.62 bits per heavy atom. The standard InChI is InChI=1S/C8H13F2NO2/c1-13-7(12)6-3-2-4-11-5-8(6,9)10/h6,11H,2-5H2,1H3. The molecule has 0 aromatic carbocycles. The number of methoxy groups -OCH3 is 1. The summed E-state index contributed by atoms with van der Waals surface area (Å²) in [6.45, 7) is 0.0931. The highest BCUT2D eigenvalue weighted by atomic mass is 19.3. The normalized spacial score (nSPS) is 27.8. The fraction of sp³-hybridized carbons (Fsp3) is 0.875. The third kappa shape index (κ3) is 2.37. The summed E-state index contributed by atoms with van der Waals surface area (Å²) < 4.78 is 30.7. The molecule has 1 aliphatic heterocycles. The highest BCUT2D eigenvalue weighted by Crippen LogP contribution is 2.30. The van der Waals surface area contributed by atoms with E-state index < -0.39 is 24.4 Å². The molecule has 0 saturated carbocycles. The fourth-order valence-electron chi connectivity index (χ4n) is 1.45. The van der Waals surface area contributed by atoms with Gasteiger partial charge in [0.15, 0.2) is 0 Å². The quantitative estimate of drug-likeness (QED) is 0.626. The number of carbonyl (C=O) groups is 1. The van der Waals surface area contributed by atoms with Gasteiger partial charge in [-0.05, 0) is 19.4 Å². The summed E-state index contributed by atoms with van der Waals surface area (Å²) in [6.07, 6.45) is 0.766. The molecule has 1 heterocycles. The van der Waals surface area contributed by atoms with Crippen LogP contribution >= 0.6 is 0 Å². The van der Waals surface area contributed by atoms with Crippen molar-refractivity contribution in [1.29, 1.82) is 0 Å². The van der Waals surface area contributed by atoms with Crippen LogP contribution in [0.15, 0.2) is 0 Å². The average molecular weight is 193 g/mol. The first-order valence-corrected chi connectivity index (χ1v) is 4.24. The molecule has 0 spiro atoms. The summed E-state index contributed by atoms with van der Waals surface area (Å²) in [5, 5.41) is 2.59. The molecule has 0 radical (unpaired) electrons. The van der Waals surface area contributed by atoms with E-state index in [1.54, 1.807) is 0 Å². The minimum atomic E-state index is -2.98. The Morgan fingerprint density at radius 2 is 2.31 bits per heavy atom. The topological polar surface area (TPSA) is 38.3 Å². The first-order chi connectivity index (χ1) is 6.08. The third-order valence-electron chi connectivity index (χ3n) is 2.20. The molecule has 1 N–H and O–H groups in total. The summed E-state index contributed by atoms with van der Waals surface area (Å²) in [5.74, 6) is -5.08. The van der Waals surface area contributed by atoms with Gasteiger partial charge in [-0.25, -0.2) is 8.78 Å². The smallest absolute Gasteiger partial charge is 0.314 e. The van der Waals surface area contributed by atoms with E-state index in [0.717, 1.165) is 7.11 Å². The molecule has 1 saturated heterocycles. The van der Waals surface area contributed by atoms with Crippen LogP contribution in [0.2, 0.25) is 0 Å². The second-order valence-corrected chi connectivity index (χ2v) is 3.16. The number of hydrogen-bond acceptors (Lipinski definition) is 3. The molecule has 0 aliphatic carbocycles. The van der Waals surface area contributed by atoms with E-state index in [2.05, 4.69) is 10.1 Å². The Labute approximate surface area is 75.4 Å². The van der Waals surface area contributed by atoms with Crippen molar-refractivity contribution >= 4 is 5.97 Å². The summed E-state index contributed by atoms with van der Waals surface area (Å²) in [7, 11) is 1.14. The van der Waals surface area contributed by atoms with Crippen molar-refractivity contribution in [2.45, 2.75) is 18.8 Å². The molecular formula is C8H13F2NO2. The van der Waals surface area contributed by atoms with Crippen molar-refractivity contribution < 1.29 is 18.3 Å². The summed E-state index contributed by atoms with van der Waals surface area (Å²) >= 11 is 0. The van der Waals surface area contributed by atoms with Gasteiger partial charge in [-0.1, -0.05) is 0 Å². The molecule has 0 aromatic heterocycles. The lowest BCUT2D eigenvalue weighted by Gasteiger charge is -2.21. The number of ether oxygens (including phenoxy) is 1. The molecule has 1 rings (SSSR count). The van der Waals surface area contributed by atoms with E-state index in [9.17, 15) is 13.6 Å². The van der Waals surface area contributed by atoms with Crippen molar-refractivity contribution in [3.8, 4) is 0 Å². The van der Waals surface area contributed by atoms with E-state index in [0.29, 0.717) is 13.0 Å². The lowest BCUT2D eigenvalue weighted by molar-refractivity contribution is -0.159. The van der Waals surface area contributed by atoms with Gasteiger partial charge in [0.1, 0.15) is 5.92 Å². The second-order valence-electron chi connectivity index (χ2n) is 3.16. The van der Waals surface area contributed by atoms with Crippen LogP contribution in [0.1, 0.15) is 12.8 Å². The third-order valence-corrected chi connectivity index (χ3v) is 2.20. The maximum Gasteiger partial charge on any atom is 0.314 e. The molecule has 1 atom stereocenters. The largest absolute Gasteiger partial charge is 0.469 e. The molecule has 5 heteroatoms. The Morgan fingerprint density at radius 3 is 2.92 bits per heavy atom. The zero-order chi connectivity index (χ0) is 9.90. The van der Waals surface area contributed by atoms with Crippen LogP contribution in [0.3, 0.4) is 0 Å². The van der Waals surface area contributed by atoms with E-state index in [1.807, 2.05) is 0 Å². The van der Waals surface area contributed by atoms with Crippen LogP contribution in [-0.2, 0) is 9.53 Å². The van der Waals surface area contributed by atoms with E-state index in [1.165, 1.54) is 0 Å². The van der Waals surface area contributed by atoms with Crippen molar-refractivity contribution in [3.05, 3.63) is 0 Å². The predicted molar refractivity (Wildman–Crippen MR) is 42.6 cm³/mol. The lowest BCUT2D eigenvalue weighted by atomic mass is 9.97. The van der Waals surface area contributed by atoms with E-state index in [4.69, 9.17) is 0 Å². The van der Waals surface area contributed by atoms with Gasteiger partial charge >= 0.3 is 5.97 Å².